The van der Waals surface area contributed by atoms with Gasteiger partial charge in [-0.25, -0.2) is 4.98 Å². The lowest BCUT2D eigenvalue weighted by Gasteiger charge is -2.21. The number of H-pyrrole nitrogens is 1. The van der Waals surface area contributed by atoms with Crippen LogP contribution in [0.2, 0.25) is 0 Å². The van der Waals surface area contributed by atoms with Gasteiger partial charge in [-0.15, -0.1) is 35.3 Å². The van der Waals surface area contributed by atoms with E-state index in [0.717, 1.165) is 29.6 Å². The number of aromatic nitrogens is 2. The first-order valence-electron chi connectivity index (χ1n) is 9.48. The minimum absolute atomic E-state index is 0. The minimum atomic E-state index is 0. The van der Waals surface area contributed by atoms with Gasteiger partial charge in [0.1, 0.15) is 11.1 Å². The maximum atomic E-state index is 5.35. The standard InChI is InChI=1S/C21H29N5OS.HI/c1-14-7-6-8-18-16(11-24-19(14)18)9-10-23-21(22-3)26(4)12-17-13-28-20(25-17)15(2)27-5;/h6-8,11,13,15,24H,9-10,12H2,1-5H3,(H,22,23);1H. The van der Waals surface area contributed by atoms with Crippen LogP contribution in [-0.2, 0) is 17.7 Å². The molecule has 0 saturated heterocycles. The van der Waals surface area contributed by atoms with E-state index in [0.29, 0.717) is 6.54 Å². The molecular formula is C21H30IN5OS. The molecule has 0 aliphatic carbocycles. The fourth-order valence-corrected chi connectivity index (χ4v) is 4.11. The van der Waals surface area contributed by atoms with Crippen LogP contribution in [0.5, 0.6) is 0 Å². The number of methoxy groups -OCH3 is 1. The fourth-order valence-electron chi connectivity index (χ4n) is 3.27. The van der Waals surface area contributed by atoms with Crippen LogP contribution in [0.15, 0.2) is 34.8 Å². The van der Waals surface area contributed by atoms with Gasteiger partial charge in [0.25, 0.3) is 0 Å². The van der Waals surface area contributed by atoms with Crippen molar-refractivity contribution < 1.29 is 4.74 Å². The number of benzene rings is 1. The van der Waals surface area contributed by atoms with Crippen LogP contribution in [0.4, 0.5) is 0 Å². The van der Waals surface area contributed by atoms with E-state index >= 15 is 0 Å². The number of nitrogens with zero attached hydrogens (tertiary/aromatic N) is 3. The Labute approximate surface area is 193 Å². The summed E-state index contributed by atoms with van der Waals surface area (Å²) in [5.41, 5.74) is 4.85. The molecule has 29 heavy (non-hydrogen) atoms. The van der Waals surface area contributed by atoms with Crippen molar-refractivity contribution in [3.8, 4) is 0 Å². The summed E-state index contributed by atoms with van der Waals surface area (Å²) in [6.07, 6.45) is 3.07. The average Bonchev–Trinajstić information content (AvgIpc) is 3.32. The topological polar surface area (TPSA) is 65.5 Å². The Kier molecular flexibility index (Phi) is 8.91. The molecule has 1 aromatic carbocycles. The Hall–Kier alpha value is -1.65. The van der Waals surface area contributed by atoms with E-state index < -0.39 is 0 Å². The molecule has 2 aromatic heterocycles. The molecule has 0 fully saturated rings. The molecule has 2 N–H and O–H groups in total. The van der Waals surface area contributed by atoms with Gasteiger partial charge in [-0.1, -0.05) is 18.2 Å². The molecule has 0 spiro atoms. The summed E-state index contributed by atoms with van der Waals surface area (Å²) >= 11 is 1.64. The van der Waals surface area contributed by atoms with Gasteiger partial charge in [0.05, 0.1) is 12.2 Å². The molecule has 8 heteroatoms. The lowest BCUT2D eigenvalue weighted by molar-refractivity contribution is 0.119. The first-order valence-corrected chi connectivity index (χ1v) is 10.4. The van der Waals surface area contributed by atoms with Crippen LogP contribution >= 0.6 is 35.3 Å². The SMILES string of the molecule is CN=C(NCCc1c[nH]c2c(C)cccc12)N(C)Cc1csc(C(C)OC)n1.I. The molecule has 0 radical (unpaired) electrons. The van der Waals surface area contributed by atoms with Crippen LogP contribution in [0, 0.1) is 6.92 Å². The van der Waals surface area contributed by atoms with Gasteiger partial charge in [-0.05, 0) is 31.4 Å². The molecule has 1 atom stereocenters. The molecule has 0 aliphatic rings. The van der Waals surface area contributed by atoms with E-state index in [1.165, 1.54) is 22.0 Å². The summed E-state index contributed by atoms with van der Waals surface area (Å²) in [6, 6.07) is 6.42. The number of aliphatic imine (C=N–C) groups is 1. The van der Waals surface area contributed by atoms with Crippen LogP contribution in [0.1, 0.15) is 34.9 Å². The highest BCUT2D eigenvalue weighted by Crippen LogP contribution is 2.22. The molecule has 0 saturated carbocycles. The molecule has 158 valence electrons. The Bertz CT molecular complexity index is 952. The summed E-state index contributed by atoms with van der Waals surface area (Å²) < 4.78 is 5.35. The molecule has 3 aromatic rings. The third-order valence-corrected chi connectivity index (χ3v) is 5.98. The number of para-hydroxylation sites is 1. The van der Waals surface area contributed by atoms with E-state index in [9.17, 15) is 0 Å². The van der Waals surface area contributed by atoms with Crippen LogP contribution in [0.25, 0.3) is 10.9 Å². The third-order valence-electron chi connectivity index (χ3n) is 4.93. The number of thiazole rings is 1. The number of rotatable bonds is 7. The minimum Gasteiger partial charge on any atom is -0.375 e. The van der Waals surface area contributed by atoms with Crippen molar-refractivity contribution in [2.24, 2.45) is 4.99 Å². The quantitative estimate of drug-likeness (QED) is 0.270. The Morgan fingerprint density at radius 1 is 1.41 bits per heavy atom. The second kappa shape index (κ2) is 10.9. The number of nitrogens with one attached hydrogen (secondary N) is 2. The van der Waals surface area contributed by atoms with E-state index in [-0.39, 0.29) is 30.1 Å². The molecular weight excluding hydrogens is 497 g/mol. The van der Waals surface area contributed by atoms with Crippen LogP contribution in [0.3, 0.4) is 0 Å². The van der Waals surface area contributed by atoms with Crippen molar-refractivity contribution in [3.05, 3.63) is 51.6 Å². The Morgan fingerprint density at radius 2 is 2.21 bits per heavy atom. The number of hydrogen-bond donors (Lipinski definition) is 2. The molecule has 6 nitrogen and oxygen atoms in total. The number of fused-ring (bicyclic) bond motifs is 1. The monoisotopic (exact) mass is 527 g/mol. The number of aromatic amines is 1. The van der Waals surface area contributed by atoms with Gasteiger partial charge < -0.3 is 19.9 Å². The third kappa shape index (κ3) is 5.70. The maximum absolute atomic E-state index is 5.35. The number of aryl methyl sites for hydroxylation is 1. The summed E-state index contributed by atoms with van der Waals surface area (Å²) in [5, 5.41) is 7.85. The van der Waals surface area contributed by atoms with Gasteiger partial charge in [0, 0.05) is 50.2 Å². The number of guanidine groups is 1. The summed E-state index contributed by atoms with van der Waals surface area (Å²) in [4.78, 5) is 14.6. The van der Waals surface area contributed by atoms with Crippen molar-refractivity contribution in [1.29, 1.82) is 0 Å². The maximum Gasteiger partial charge on any atom is 0.193 e. The predicted molar refractivity (Wildman–Crippen MR) is 133 cm³/mol. The zero-order chi connectivity index (χ0) is 20.1. The lowest BCUT2D eigenvalue weighted by atomic mass is 10.1. The zero-order valence-corrected chi connectivity index (χ0v) is 20.8. The second-order valence-electron chi connectivity index (χ2n) is 6.95. The highest BCUT2D eigenvalue weighted by Gasteiger charge is 2.13. The molecule has 1 unspecified atom stereocenters. The smallest absolute Gasteiger partial charge is 0.193 e. The summed E-state index contributed by atoms with van der Waals surface area (Å²) in [6.45, 7) is 5.67. The lowest BCUT2D eigenvalue weighted by Crippen LogP contribution is -2.39. The Balaban J connectivity index is 0.00000300. The van der Waals surface area contributed by atoms with Gasteiger partial charge >= 0.3 is 0 Å². The van der Waals surface area contributed by atoms with Crippen molar-refractivity contribution in [1.82, 2.24) is 20.2 Å². The van der Waals surface area contributed by atoms with Crippen molar-refractivity contribution >= 4 is 52.2 Å². The van der Waals surface area contributed by atoms with Crippen LogP contribution in [-0.4, -0.2) is 48.6 Å². The van der Waals surface area contributed by atoms with Crippen molar-refractivity contribution in [2.45, 2.75) is 32.9 Å². The first kappa shape index (κ1) is 23.6. The number of ether oxygens (including phenoxy) is 1. The normalized spacial score (nSPS) is 12.7. The average molecular weight is 527 g/mol. The molecule has 0 aliphatic heterocycles. The first-order chi connectivity index (χ1) is 13.5. The van der Waals surface area contributed by atoms with E-state index in [4.69, 9.17) is 4.74 Å². The molecule has 0 amide bonds. The number of halogens is 1. The Morgan fingerprint density at radius 3 is 2.93 bits per heavy atom. The fraction of sp³-hybridized carbons (Fsp3) is 0.429. The van der Waals surface area contributed by atoms with Crippen molar-refractivity contribution in [3.63, 3.8) is 0 Å². The largest absolute Gasteiger partial charge is 0.375 e. The summed E-state index contributed by atoms with van der Waals surface area (Å²) in [7, 11) is 5.55. The van der Waals surface area contributed by atoms with Crippen molar-refractivity contribution in [2.75, 3.05) is 27.7 Å². The van der Waals surface area contributed by atoms with Gasteiger partial charge in [-0.3, -0.25) is 4.99 Å². The van der Waals surface area contributed by atoms with Gasteiger partial charge in [-0.2, -0.15) is 0 Å². The zero-order valence-electron chi connectivity index (χ0n) is 17.7. The van der Waals surface area contributed by atoms with E-state index in [1.54, 1.807) is 18.4 Å². The van der Waals surface area contributed by atoms with Gasteiger partial charge in [0.15, 0.2) is 5.96 Å². The van der Waals surface area contributed by atoms with E-state index in [2.05, 4.69) is 61.9 Å². The molecule has 0 bridgehead atoms. The molecule has 2 heterocycles. The highest BCUT2D eigenvalue weighted by atomic mass is 127. The summed E-state index contributed by atoms with van der Waals surface area (Å²) in [5.74, 6) is 0.866. The molecule has 3 rings (SSSR count). The van der Waals surface area contributed by atoms with Crippen LogP contribution < -0.4 is 5.32 Å². The predicted octanol–water partition coefficient (Wildman–Crippen LogP) is 4.51. The van der Waals surface area contributed by atoms with E-state index in [1.807, 2.05) is 21.0 Å². The highest BCUT2D eigenvalue weighted by molar-refractivity contribution is 14.0. The van der Waals surface area contributed by atoms with Gasteiger partial charge in [0.2, 0.25) is 0 Å². The number of hydrogen-bond acceptors (Lipinski definition) is 4. The second-order valence-corrected chi connectivity index (χ2v) is 7.84.